The zero-order valence-electron chi connectivity index (χ0n) is 12.8. The van der Waals surface area contributed by atoms with Gasteiger partial charge in [-0.05, 0) is 39.3 Å². The maximum absolute atomic E-state index is 12.0. The minimum Gasteiger partial charge on any atom is -0.444 e. The molecule has 0 bridgehead atoms. The fourth-order valence-corrected chi connectivity index (χ4v) is 2.82. The first-order chi connectivity index (χ1) is 10.2. The van der Waals surface area contributed by atoms with E-state index in [0.29, 0.717) is 33.8 Å². The molecule has 1 atom stereocenters. The number of carbonyl (C=O) groups is 1. The normalized spacial score (nSPS) is 18.5. The molecule has 1 aliphatic heterocycles. The maximum Gasteiger partial charge on any atom is 0.410 e. The number of rotatable bonds is 2. The predicted octanol–water partition coefficient (Wildman–Crippen LogP) is 5.07. The van der Waals surface area contributed by atoms with Crippen LogP contribution in [0.25, 0.3) is 0 Å². The van der Waals surface area contributed by atoms with E-state index in [1.54, 1.807) is 17.0 Å². The van der Waals surface area contributed by atoms with Gasteiger partial charge in [-0.25, -0.2) is 4.79 Å². The van der Waals surface area contributed by atoms with Gasteiger partial charge >= 0.3 is 6.09 Å². The van der Waals surface area contributed by atoms with Gasteiger partial charge in [0.05, 0.1) is 20.8 Å². The smallest absolute Gasteiger partial charge is 0.410 e. The molecule has 0 saturated carbocycles. The van der Waals surface area contributed by atoms with Crippen LogP contribution in [-0.4, -0.2) is 35.7 Å². The molecule has 1 heterocycles. The molecule has 1 aromatic rings. The van der Waals surface area contributed by atoms with E-state index < -0.39 is 5.60 Å². The molecule has 1 aliphatic rings. The third-order valence-electron chi connectivity index (χ3n) is 3.21. The lowest BCUT2D eigenvalue weighted by molar-refractivity contribution is 0.0293. The summed E-state index contributed by atoms with van der Waals surface area (Å²) in [6.07, 6.45) is 0.521. The van der Waals surface area contributed by atoms with Crippen LogP contribution in [0.15, 0.2) is 12.1 Å². The van der Waals surface area contributed by atoms with Crippen LogP contribution in [0.4, 0.5) is 10.5 Å². The highest BCUT2D eigenvalue weighted by atomic mass is 35.5. The summed E-state index contributed by atoms with van der Waals surface area (Å²) in [4.78, 5) is 13.7. The lowest BCUT2D eigenvalue weighted by Crippen LogP contribution is -2.36. The van der Waals surface area contributed by atoms with Crippen LogP contribution in [-0.2, 0) is 4.74 Å². The van der Waals surface area contributed by atoms with E-state index in [-0.39, 0.29) is 12.1 Å². The number of nitrogens with zero attached hydrogens (tertiary/aromatic N) is 1. The van der Waals surface area contributed by atoms with Crippen molar-refractivity contribution in [2.45, 2.75) is 38.8 Å². The standard InChI is InChI=1S/C15H19Cl3N2O2/c1-15(2,3)22-14(21)20-5-4-9(8-20)19-13-7-11(17)10(16)6-12(13)18/h6-7,9,19H,4-5,8H2,1-3H3. The maximum atomic E-state index is 12.0. The molecule has 0 aliphatic carbocycles. The number of benzene rings is 1. The number of hydrogen-bond acceptors (Lipinski definition) is 3. The molecular formula is C15H19Cl3N2O2. The topological polar surface area (TPSA) is 41.6 Å². The molecular weight excluding hydrogens is 347 g/mol. The van der Waals surface area contributed by atoms with Crippen molar-refractivity contribution in [2.75, 3.05) is 18.4 Å². The number of carbonyl (C=O) groups excluding carboxylic acids is 1. The van der Waals surface area contributed by atoms with Crippen molar-refractivity contribution in [1.29, 1.82) is 0 Å². The molecule has 22 heavy (non-hydrogen) atoms. The van der Waals surface area contributed by atoms with Gasteiger partial charge in [-0.2, -0.15) is 0 Å². The summed E-state index contributed by atoms with van der Waals surface area (Å²) in [5.74, 6) is 0. The second kappa shape index (κ2) is 6.73. The van der Waals surface area contributed by atoms with Crippen molar-refractivity contribution in [1.82, 2.24) is 4.90 Å². The average Bonchev–Trinajstić information content (AvgIpc) is 2.82. The van der Waals surface area contributed by atoms with Gasteiger partial charge in [-0.1, -0.05) is 34.8 Å². The number of nitrogens with one attached hydrogen (secondary N) is 1. The Labute approximate surface area is 145 Å². The van der Waals surface area contributed by atoms with E-state index in [9.17, 15) is 4.79 Å². The van der Waals surface area contributed by atoms with Gasteiger partial charge < -0.3 is 15.0 Å². The van der Waals surface area contributed by atoms with Crippen LogP contribution in [0.2, 0.25) is 15.1 Å². The van der Waals surface area contributed by atoms with E-state index in [2.05, 4.69) is 5.32 Å². The Balaban J connectivity index is 1.97. The minimum atomic E-state index is -0.490. The Hall–Kier alpha value is -0.840. The first kappa shape index (κ1) is 17.5. The Bertz CT molecular complexity index is 573. The largest absolute Gasteiger partial charge is 0.444 e. The second-order valence-corrected chi connectivity index (χ2v) is 7.52. The van der Waals surface area contributed by atoms with Crippen molar-refractivity contribution in [3.8, 4) is 0 Å². The number of halogens is 3. The van der Waals surface area contributed by atoms with Gasteiger partial charge in [-0.3, -0.25) is 0 Å². The molecule has 4 nitrogen and oxygen atoms in total. The van der Waals surface area contributed by atoms with E-state index in [4.69, 9.17) is 39.5 Å². The summed E-state index contributed by atoms with van der Waals surface area (Å²) in [6.45, 7) is 6.77. The molecule has 122 valence electrons. The summed E-state index contributed by atoms with van der Waals surface area (Å²) in [6, 6.07) is 3.40. The Morgan fingerprint density at radius 3 is 2.50 bits per heavy atom. The van der Waals surface area contributed by atoms with Crippen molar-refractivity contribution in [3.63, 3.8) is 0 Å². The summed E-state index contributed by atoms with van der Waals surface area (Å²) in [5, 5.41) is 4.66. The molecule has 1 saturated heterocycles. The number of likely N-dealkylation sites (tertiary alicyclic amines) is 1. The summed E-state index contributed by atoms with van der Waals surface area (Å²) in [5.41, 5.74) is 0.224. The van der Waals surface area contributed by atoms with Crippen molar-refractivity contribution >= 4 is 46.6 Å². The predicted molar refractivity (Wildman–Crippen MR) is 91.3 cm³/mol. The molecule has 2 rings (SSSR count). The zero-order chi connectivity index (χ0) is 16.5. The molecule has 1 amide bonds. The first-order valence-electron chi connectivity index (χ1n) is 7.05. The first-order valence-corrected chi connectivity index (χ1v) is 8.18. The molecule has 1 N–H and O–H groups in total. The van der Waals surface area contributed by atoms with Gasteiger partial charge in [-0.15, -0.1) is 0 Å². The number of ether oxygens (including phenoxy) is 1. The van der Waals surface area contributed by atoms with Gasteiger partial charge in [0, 0.05) is 19.1 Å². The molecule has 0 aromatic heterocycles. The molecule has 1 fully saturated rings. The molecule has 1 aromatic carbocycles. The fraction of sp³-hybridized carbons (Fsp3) is 0.533. The van der Waals surface area contributed by atoms with Crippen LogP contribution in [0.1, 0.15) is 27.2 Å². The van der Waals surface area contributed by atoms with E-state index in [0.717, 1.165) is 6.42 Å². The van der Waals surface area contributed by atoms with Crippen LogP contribution < -0.4 is 5.32 Å². The van der Waals surface area contributed by atoms with Crippen molar-refractivity contribution in [3.05, 3.63) is 27.2 Å². The van der Waals surface area contributed by atoms with Gasteiger partial charge in [0.1, 0.15) is 5.60 Å². The number of hydrogen-bond donors (Lipinski definition) is 1. The second-order valence-electron chi connectivity index (χ2n) is 6.30. The number of amides is 1. The van der Waals surface area contributed by atoms with E-state index >= 15 is 0 Å². The van der Waals surface area contributed by atoms with Crippen LogP contribution in [0.3, 0.4) is 0 Å². The number of anilines is 1. The molecule has 0 radical (unpaired) electrons. The van der Waals surface area contributed by atoms with Crippen LogP contribution >= 0.6 is 34.8 Å². The Kier molecular flexibility index (Phi) is 5.36. The highest BCUT2D eigenvalue weighted by Gasteiger charge is 2.30. The van der Waals surface area contributed by atoms with Gasteiger partial charge in [0.15, 0.2) is 0 Å². The van der Waals surface area contributed by atoms with Crippen LogP contribution in [0, 0.1) is 0 Å². The quantitative estimate of drug-likeness (QED) is 0.744. The minimum absolute atomic E-state index is 0.0993. The third-order valence-corrected chi connectivity index (χ3v) is 4.24. The molecule has 7 heteroatoms. The zero-order valence-corrected chi connectivity index (χ0v) is 15.0. The third kappa shape index (κ3) is 4.58. The monoisotopic (exact) mass is 364 g/mol. The highest BCUT2D eigenvalue weighted by molar-refractivity contribution is 6.44. The summed E-state index contributed by atoms with van der Waals surface area (Å²) in [7, 11) is 0. The Morgan fingerprint density at radius 2 is 1.86 bits per heavy atom. The Morgan fingerprint density at radius 1 is 1.23 bits per heavy atom. The van der Waals surface area contributed by atoms with Gasteiger partial charge in [0.25, 0.3) is 0 Å². The highest BCUT2D eigenvalue weighted by Crippen LogP contribution is 2.33. The van der Waals surface area contributed by atoms with Crippen LogP contribution in [0.5, 0.6) is 0 Å². The fourth-order valence-electron chi connectivity index (χ4n) is 2.22. The van der Waals surface area contributed by atoms with Crippen molar-refractivity contribution in [2.24, 2.45) is 0 Å². The van der Waals surface area contributed by atoms with Crippen molar-refractivity contribution < 1.29 is 9.53 Å². The average molecular weight is 366 g/mol. The van der Waals surface area contributed by atoms with E-state index in [1.807, 2.05) is 20.8 Å². The SMILES string of the molecule is CC(C)(C)OC(=O)N1CCC(Nc2cc(Cl)c(Cl)cc2Cl)C1. The lowest BCUT2D eigenvalue weighted by atomic mass is 10.2. The van der Waals surface area contributed by atoms with Gasteiger partial charge in [0.2, 0.25) is 0 Å². The molecule has 0 spiro atoms. The summed E-state index contributed by atoms with van der Waals surface area (Å²) < 4.78 is 5.37. The summed E-state index contributed by atoms with van der Waals surface area (Å²) >= 11 is 18.1. The lowest BCUT2D eigenvalue weighted by Gasteiger charge is -2.24. The molecule has 1 unspecified atom stereocenters. The van der Waals surface area contributed by atoms with E-state index in [1.165, 1.54) is 0 Å².